The van der Waals surface area contributed by atoms with E-state index in [0.29, 0.717) is 0 Å². The third-order valence-electron chi connectivity index (χ3n) is 3.43. The Kier molecular flexibility index (Phi) is 9.52. The summed E-state index contributed by atoms with van der Waals surface area (Å²) in [6.45, 7) is 8.38. The van der Waals surface area contributed by atoms with Crippen LogP contribution in [0.2, 0.25) is 0 Å². The Morgan fingerprint density at radius 2 is 1.46 bits per heavy atom. The topological polar surface area (TPSA) is 39.9 Å². The fourth-order valence-electron chi connectivity index (χ4n) is 2.03. The first-order valence-corrected chi connectivity index (χ1v) is 10.5. The zero-order valence-electron chi connectivity index (χ0n) is 14.3. The first-order chi connectivity index (χ1) is 11.2. The number of imidazole rings is 1. The van der Waals surface area contributed by atoms with Crippen LogP contribution in [-0.4, -0.2) is 23.3 Å². The van der Waals surface area contributed by atoms with Crippen molar-refractivity contribution in [3.8, 4) is 11.5 Å². The van der Waals surface area contributed by atoms with Crippen LogP contribution in [0.1, 0.15) is 11.4 Å². The summed E-state index contributed by atoms with van der Waals surface area (Å²) in [6.07, 6.45) is 1.75. The van der Waals surface area contributed by atoms with E-state index < -0.39 is 0 Å². The van der Waals surface area contributed by atoms with Gasteiger partial charge in [0.05, 0.1) is 5.69 Å². The first-order valence-electron chi connectivity index (χ1n) is 7.49. The summed E-state index contributed by atoms with van der Waals surface area (Å²) in [4.78, 5) is 12.8. The van der Waals surface area contributed by atoms with Gasteiger partial charge in [-0.3, -0.25) is 4.98 Å². The predicted molar refractivity (Wildman–Crippen MR) is 104 cm³/mol. The van der Waals surface area contributed by atoms with E-state index in [9.17, 15) is 0 Å². The molecule has 0 saturated heterocycles. The molecule has 0 aliphatic heterocycles. The van der Waals surface area contributed by atoms with E-state index in [0.717, 1.165) is 40.1 Å². The van der Waals surface area contributed by atoms with Crippen LogP contribution in [0.5, 0.6) is 0 Å². The quantitative estimate of drug-likeness (QED) is 0.459. The molecule has 0 amide bonds. The monoisotopic (exact) mass is 445 g/mol. The molecule has 0 saturated carbocycles. The van der Waals surface area contributed by atoms with E-state index in [1.54, 1.807) is 6.20 Å². The summed E-state index contributed by atoms with van der Waals surface area (Å²) in [5.74, 6) is 0.718. The average Bonchev–Trinajstić information content (AvgIpc) is 2.95. The standard InChI is InChI=1S/C10H10N3.C8H12P2.Rh/c1-7-8(2)13-10(12-7)9-5-3-4-6-11-9;1-9-7-5-3-4-6-8(7)10-2;/h3-6H,1-2H3;3-6,9-10H,1-2H3;/q-1;;. The van der Waals surface area contributed by atoms with Crippen LogP contribution in [-0.2, 0) is 19.5 Å². The van der Waals surface area contributed by atoms with Crippen LogP contribution in [0, 0.1) is 13.8 Å². The molecule has 1 aromatic carbocycles. The SMILES string of the molecule is CPc1ccccc1PC.Cc1nc(-c2ccccn2)[n-]c1C.[Rh]. The smallest absolute Gasteiger partial charge is 0.0620 e. The number of benzene rings is 1. The largest absolute Gasteiger partial charge is 0.438 e. The maximum atomic E-state index is 4.31. The van der Waals surface area contributed by atoms with Gasteiger partial charge in [-0.25, -0.2) is 0 Å². The van der Waals surface area contributed by atoms with E-state index >= 15 is 0 Å². The van der Waals surface area contributed by atoms with Gasteiger partial charge in [-0.2, -0.15) is 0 Å². The Bertz CT molecular complexity index is 703. The van der Waals surface area contributed by atoms with E-state index in [1.807, 2.05) is 32.0 Å². The molecule has 0 aliphatic carbocycles. The van der Waals surface area contributed by atoms with Crippen molar-refractivity contribution in [1.29, 1.82) is 0 Å². The molecular formula is C18H22N3P2Rh-. The maximum absolute atomic E-state index is 4.31. The van der Waals surface area contributed by atoms with Gasteiger partial charge < -0.3 is 9.97 Å². The first kappa shape index (κ1) is 21.1. The molecule has 2 atom stereocenters. The van der Waals surface area contributed by atoms with Gasteiger partial charge in [0.25, 0.3) is 0 Å². The van der Waals surface area contributed by atoms with Gasteiger partial charge in [0.15, 0.2) is 0 Å². The maximum Gasteiger partial charge on any atom is 0.0620 e. The van der Waals surface area contributed by atoms with E-state index in [2.05, 4.69) is 52.5 Å². The zero-order chi connectivity index (χ0) is 16.7. The molecule has 1 radical (unpaired) electrons. The van der Waals surface area contributed by atoms with E-state index in [-0.39, 0.29) is 19.5 Å². The molecule has 3 nitrogen and oxygen atoms in total. The van der Waals surface area contributed by atoms with Crippen LogP contribution in [0.3, 0.4) is 0 Å². The molecule has 0 aliphatic rings. The number of pyridine rings is 1. The molecule has 0 spiro atoms. The normalized spacial score (nSPS) is 10.7. The second-order valence-electron chi connectivity index (χ2n) is 4.98. The van der Waals surface area contributed by atoms with Gasteiger partial charge >= 0.3 is 0 Å². The minimum Gasteiger partial charge on any atom is -0.438 e. The van der Waals surface area contributed by atoms with E-state index in [4.69, 9.17) is 0 Å². The third kappa shape index (κ3) is 5.85. The van der Waals surface area contributed by atoms with Crippen molar-refractivity contribution in [3.63, 3.8) is 0 Å². The zero-order valence-corrected chi connectivity index (χ0v) is 17.9. The number of aromatic nitrogens is 3. The van der Waals surface area contributed by atoms with Crippen LogP contribution >= 0.6 is 17.2 Å². The number of aryl methyl sites for hydroxylation is 2. The van der Waals surface area contributed by atoms with Crippen molar-refractivity contribution in [2.24, 2.45) is 0 Å². The van der Waals surface area contributed by atoms with Gasteiger partial charge in [0, 0.05) is 25.7 Å². The van der Waals surface area contributed by atoms with Gasteiger partial charge in [0.1, 0.15) is 0 Å². The van der Waals surface area contributed by atoms with Crippen molar-refractivity contribution >= 4 is 27.8 Å². The number of nitrogens with zero attached hydrogens (tertiary/aromatic N) is 3. The molecule has 2 aromatic heterocycles. The van der Waals surface area contributed by atoms with Crippen LogP contribution in [0.4, 0.5) is 0 Å². The summed E-state index contributed by atoms with van der Waals surface area (Å²) in [5, 5.41) is 3.06. The molecule has 3 aromatic rings. The number of rotatable bonds is 3. The number of hydrogen-bond donors (Lipinski definition) is 0. The minimum absolute atomic E-state index is 0. The van der Waals surface area contributed by atoms with E-state index in [1.165, 1.54) is 10.6 Å². The van der Waals surface area contributed by atoms with Gasteiger partial charge in [-0.1, -0.05) is 58.9 Å². The van der Waals surface area contributed by atoms with Crippen molar-refractivity contribution in [2.45, 2.75) is 13.8 Å². The van der Waals surface area contributed by atoms with Crippen molar-refractivity contribution in [2.75, 3.05) is 13.3 Å². The van der Waals surface area contributed by atoms with Crippen LogP contribution in [0.25, 0.3) is 11.5 Å². The summed E-state index contributed by atoms with van der Waals surface area (Å²) in [7, 11) is 1.89. The number of hydrogen-bond acceptors (Lipinski definition) is 2. The average molecular weight is 445 g/mol. The molecule has 0 fully saturated rings. The second-order valence-corrected chi connectivity index (χ2v) is 7.06. The van der Waals surface area contributed by atoms with Gasteiger partial charge in [0.2, 0.25) is 0 Å². The van der Waals surface area contributed by atoms with Crippen molar-refractivity contribution in [3.05, 3.63) is 60.0 Å². The molecule has 129 valence electrons. The third-order valence-corrected chi connectivity index (χ3v) is 5.63. The Morgan fingerprint density at radius 1 is 0.875 bits per heavy atom. The molecule has 6 heteroatoms. The van der Waals surface area contributed by atoms with Gasteiger partial charge in [-0.05, 0) is 55.7 Å². The fourth-order valence-corrected chi connectivity index (χ4v) is 4.01. The Balaban J connectivity index is 0.000000238. The predicted octanol–water partition coefficient (Wildman–Crippen LogP) is 3.27. The Morgan fingerprint density at radius 3 is 1.88 bits per heavy atom. The second kappa shape index (κ2) is 10.8. The Labute approximate surface area is 160 Å². The molecule has 0 bridgehead atoms. The Hall–Kier alpha value is -0.937. The molecule has 0 N–H and O–H groups in total. The van der Waals surface area contributed by atoms with Crippen molar-refractivity contribution < 1.29 is 19.5 Å². The summed E-state index contributed by atoms with van der Waals surface area (Å²) < 4.78 is 0. The van der Waals surface area contributed by atoms with Crippen LogP contribution < -0.4 is 15.6 Å². The molecule has 2 unspecified atom stereocenters. The molecule has 3 rings (SSSR count). The summed E-state index contributed by atoms with van der Waals surface area (Å²) >= 11 is 0. The van der Waals surface area contributed by atoms with Crippen molar-refractivity contribution in [1.82, 2.24) is 15.0 Å². The summed E-state index contributed by atoms with van der Waals surface area (Å²) in [6, 6.07) is 14.4. The molecular weight excluding hydrogens is 423 g/mol. The van der Waals surface area contributed by atoms with Crippen LogP contribution in [0.15, 0.2) is 48.7 Å². The molecule has 24 heavy (non-hydrogen) atoms. The van der Waals surface area contributed by atoms with Gasteiger partial charge in [-0.15, -0.1) is 0 Å². The summed E-state index contributed by atoms with van der Waals surface area (Å²) in [5.41, 5.74) is 2.78. The molecule has 2 heterocycles. The fraction of sp³-hybridized carbons (Fsp3) is 0.222. The minimum atomic E-state index is 0.